The highest BCUT2D eigenvalue weighted by molar-refractivity contribution is 5.93. The fourth-order valence-corrected chi connectivity index (χ4v) is 1.84. The molecule has 0 fully saturated rings. The van der Waals surface area contributed by atoms with E-state index in [1.807, 2.05) is 19.1 Å². The van der Waals surface area contributed by atoms with Gasteiger partial charge in [-0.2, -0.15) is 5.26 Å². The number of aromatic nitrogens is 1. The Morgan fingerprint density at radius 1 is 1.40 bits per heavy atom. The van der Waals surface area contributed by atoms with E-state index in [-0.39, 0.29) is 5.91 Å². The summed E-state index contributed by atoms with van der Waals surface area (Å²) in [4.78, 5) is 11.4. The number of benzene rings is 1. The molecule has 0 aliphatic rings. The van der Waals surface area contributed by atoms with Crippen LogP contribution in [-0.4, -0.2) is 10.5 Å². The van der Waals surface area contributed by atoms with Gasteiger partial charge in [-0.25, -0.2) is 0 Å². The van der Waals surface area contributed by atoms with Gasteiger partial charge in [0.25, 0.3) is 0 Å². The van der Waals surface area contributed by atoms with Crippen LogP contribution in [0.1, 0.15) is 23.0 Å². The van der Waals surface area contributed by atoms with Gasteiger partial charge in [0.2, 0.25) is 5.91 Å². The summed E-state index contributed by atoms with van der Waals surface area (Å²) in [6.07, 6.45) is 0. The van der Waals surface area contributed by atoms with Crippen LogP contribution in [0.3, 0.4) is 0 Å². The third kappa shape index (κ3) is 1.40. The van der Waals surface area contributed by atoms with Crippen molar-refractivity contribution in [2.24, 2.45) is 0 Å². The van der Waals surface area contributed by atoms with E-state index >= 15 is 0 Å². The monoisotopic (exact) mass is 198 g/mol. The molecule has 0 atom stereocenters. The average Bonchev–Trinajstić information content (AvgIpc) is 2.52. The van der Waals surface area contributed by atoms with Crippen molar-refractivity contribution in [2.45, 2.75) is 13.8 Å². The molecule has 0 N–H and O–H groups in total. The van der Waals surface area contributed by atoms with Gasteiger partial charge >= 0.3 is 0 Å². The highest BCUT2D eigenvalue weighted by Crippen LogP contribution is 2.20. The molecule has 0 saturated heterocycles. The Morgan fingerprint density at radius 3 is 2.73 bits per heavy atom. The van der Waals surface area contributed by atoms with Gasteiger partial charge in [-0.15, -0.1) is 0 Å². The lowest BCUT2D eigenvalue weighted by atomic mass is 10.2. The molecule has 0 aliphatic heterocycles. The first kappa shape index (κ1) is 9.47. The topological polar surface area (TPSA) is 45.8 Å². The van der Waals surface area contributed by atoms with E-state index in [0.29, 0.717) is 5.56 Å². The molecule has 0 bridgehead atoms. The Balaban J connectivity index is 2.81. The van der Waals surface area contributed by atoms with E-state index in [1.165, 1.54) is 6.92 Å². The van der Waals surface area contributed by atoms with Crippen LogP contribution in [0.4, 0.5) is 0 Å². The zero-order valence-corrected chi connectivity index (χ0v) is 8.61. The second kappa shape index (κ2) is 3.25. The fraction of sp³-hybridized carbons (Fsp3) is 0.167. The first-order valence-corrected chi connectivity index (χ1v) is 4.66. The van der Waals surface area contributed by atoms with Crippen LogP contribution in [0, 0.1) is 18.3 Å². The maximum absolute atomic E-state index is 11.4. The summed E-state index contributed by atoms with van der Waals surface area (Å²) in [5.74, 6) is -0.00722. The van der Waals surface area contributed by atoms with E-state index in [0.717, 1.165) is 16.6 Å². The second-order valence-corrected chi connectivity index (χ2v) is 3.53. The van der Waals surface area contributed by atoms with Crippen molar-refractivity contribution in [3.63, 3.8) is 0 Å². The molecular formula is C12H10N2O. The molecule has 1 aromatic heterocycles. The summed E-state index contributed by atoms with van der Waals surface area (Å²) in [5, 5.41) is 9.69. The molecule has 15 heavy (non-hydrogen) atoms. The molecular weight excluding hydrogens is 188 g/mol. The Kier molecular flexibility index (Phi) is 2.05. The van der Waals surface area contributed by atoms with E-state index < -0.39 is 0 Å². The van der Waals surface area contributed by atoms with Crippen molar-refractivity contribution in [2.75, 3.05) is 0 Å². The van der Waals surface area contributed by atoms with Crippen LogP contribution in [0.25, 0.3) is 10.9 Å². The maximum Gasteiger partial charge on any atom is 0.228 e. The summed E-state index contributed by atoms with van der Waals surface area (Å²) in [6, 6.07) is 9.32. The molecule has 2 rings (SSSR count). The summed E-state index contributed by atoms with van der Waals surface area (Å²) in [6.45, 7) is 3.41. The zero-order valence-electron chi connectivity index (χ0n) is 8.61. The number of hydrogen-bond acceptors (Lipinski definition) is 2. The van der Waals surface area contributed by atoms with Gasteiger partial charge in [0, 0.05) is 18.0 Å². The van der Waals surface area contributed by atoms with E-state index in [1.54, 1.807) is 16.7 Å². The van der Waals surface area contributed by atoms with Crippen LogP contribution >= 0.6 is 0 Å². The first-order chi connectivity index (χ1) is 7.13. The van der Waals surface area contributed by atoms with Gasteiger partial charge in [-0.3, -0.25) is 9.36 Å². The molecule has 0 unspecified atom stereocenters. The molecule has 74 valence electrons. The Hall–Kier alpha value is -2.08. The molecule has 0 amide bonds. The number of nitrogens with zero attached hydrogens (tertiary/aromatic N) is 2. The number of carbonyl (C=O) groups excluding carboxylic acids is 1. The predicted molar refractivity (Wildman–Crippen MR) is 57.7 cm³/mol. The molecule has 1 heterocycles. The van der Waals surface area contributed by atoms with Gasteiger partial charge < -0.3 is 0 Å². The summed E-state index contributed by atoms with van der Waals surface area (Å²) in [7, 11) is 0. The number of carbonyl (C=O) groups is 1. The van der Waals surface area contributed by atoms with Crippen LogP contribution in [0.15, 0.2) is 24.3 Å². The van der Waals surface area contributed by atoms with E-state index in [9.17, 15) is 4.79 Å². The highest BCUT2D eigenvalue weighted by Gasteiger charge is 2.08. The highest BCUT2D eigenvalue weighted by atomic mass is 16.1. The van der Waals surface area contributed by atoms with E-state index in [2.05, 4.69) is 6.07 Å². The van der Waals surface area contributed by atoms with E-state index in [4.69, 9.17) is 5.26 Å². The lowest BCUT2D eigenvalue weighted by molar-refractivity contribution is 0.0940. The Labute approximate surface area is 87.5 Å². The van der Waals surface area contributed by atoms with Gasteiger partial charge in [-0.1, -0.05) is 0 Å². The molecule has 0 radical (unpaired) electrons. The normalized spacial score (nSPS) is 10.2. The number of hydrogen-bond donors (Lipinski definition) is 0. The second-order valence-electron chi connectivity index (χ2n) is 3.53. The SMILES string of the molecule is CC(=O)n1c(C)cc2cc(C#N)ccc21. The zero-order chi connectivity index (χ0) is 11.0. The largest absolute Gasteiger partial charge is 0.285 e. The molecule has 2 aromatic rings. The number of rotatable bonds is 0. The lowest BCUT2D eigenvalue weighted by Gasteiger charge is -2.01. The molecule has 0 aliphatic carbocycles. The van der Waals surface area contributed by atoms with Crippen LogP contribution < -0.4 is 0 Å². The van der Waals surface area contributed by atoms with Gasteiger partial charge in [0.15, 0.2) is 0 Å². The number of fused-ring (bicyclic) bond motifs is 1. The molecule has 1 aromatic carbocycles. The fourth-order valence-electron chi connectivity index (χ4n) is 1.84. The number of aryl methyl sites for hydroxylation is 1. The van der Waals surface area contributed by atoms with Gasteiger partial charge in [-0.05, 0) is 31.2 Å². The molecule has 0 saturated carbocycles. The van der Waals surface area contributed by atoms with Gasteiger partial charge in [0.1, 0.15) is 0 Å². The van der Waals surface area contributed by atoms with Crippen molar-refractivity contribution in [1.82, 2.24) is 4.57 Å². The third-order valence-electron chi connectivity index (χ3n) is 2.43. The van der Waals surface area contributed by atoms with Crippen molar-refractivity contribution >= 4 is 16.8 Å². The minimum atomic E-state index is -0.00722. The molecule has 3 nitrogen and oxygen atoms in total. The number of nitriles is 1. The van der Waals surface area contributed by atoms with Crippen LogP contribution in [-0.2, 0) is 0 Å². The molecule has 3 heteroatoms. The van der Waals surface area contributed by atoms with Crippen molar-refractivity contribution in [1.29, 1.82) is 5.26 Å². The first-order valence-electron chi connectivity index (χ1n) is 4.66. The summed E-state index contributed by atoms with van der Waals surface area (Å²) in [5.41, 5.74) is 2.37. The summed E-state index contributed by atoms with van der Waals surface area (Å²) < 4.78 is 1.65. The smallest absolute Gasteiger partial charge is 0.228 e. The lowest BCUT2D eigenvalue weighted by Crippen LogP contribution is -2.06. The quantitative estimate of drug-likeness (QED) is 0.652. The average molecular weight is 198 g/mol. The Bertz CT molecular complexity index is 587. The van der Waals surface area contributed by atoms with Crippen LogP contribution in [0.5, 0.6) is 0 Å². The van der Waals surface area contributed by atoms with Crippen molar-refractivity contribution < 1.29 is 4.79 Å². The third-order valence-corrected chi connectivity index (χ3v) is 2.43. The minimum absolute atomic E-state index is 0.00722. The maximum atomic E-state index is 11.4. The Morgan fingerprint density at radius 2 is 2.13 bits per heavy atom. The predicted octanol–water partition coefficient (Wildman–Crippen LogP) is 2.48. The van der Waals surface area contributed by atoms with Gasteiger partial charge in [0.05, 0.1) is 17.1 Å². The molecule has 0 spiro atoms. The van der Waals surface area contributed by atoms with Crippen molar-refractivity contribution in [3.8, 4) is 6.07 Å². The van der Waals surface area contributed by atoms with Crippen LogP contribution in [0.2, 0.25) is 0 Å². The van der Waals surface area contributed by atoms with Crippen molar-refractivity contribution in [3.05, 3.63) is 35.5 Å². The summed E-state index contributed by atoms with van der Waals surface area (Å²) >= 11 is 0. The minimum Gasteiger partial charge on any atom is -0.285 e. The standard InChI is InChI=1S/C12H10N2O/c1-8-5-11-6-10(7-13)3-4-12(11)14(8)9(2)15/h3-6H,1-2H3.